The van der Waals surface area contributed by atoms with Gasteiger partial charge in [-0.3, -0.25) is 4.79 Å². The summed E-state index contributed by atoms with van der Waals surface area (Å²) in [7, 11) is 1.87. The first-order chi connectivity index (χ1) is 8.67. The third kappa shape index (κ3) is 2.84. The van der Waals surface area contributed by atoms with Crippen LogP contribution in [0, 0.1) is 0 Å². The summed E-state index contributed by atoms with van der Waals surface area (Å²) >= 11 is 1.43. The van der Waals surface area contributed by atoms with Crippen molar-refractivity contribution in [1.82, 2.24) is 19.7 Å². The van der Waals surface area contributed by atoms with E-state index in [1.165, 1.54) is 11.8 Å². The lowest BCUT2D eigenvalue weighted by Crippen LogP contribution is -2.30. The van der Waals surface area contributed by atoms with Crippen molar-refractivity contribution in [1.29, 1.82) is 0 Å². The highest BCUT2D eigenvalue weighted by molar-refractivity contribution is 7.99. The molecule has 2 rings (SSSR count). The Hall–Kier alpha value is -1.08. The Labute approximate surface area is 111 Å². The summed E-state index contributed by atoms with van der Waals surface area (Å²) in [6, 6.07) is 0.460. The summed E-state index contributed by atoms with van der Waals surface area (Å²) in [5.41, 5.74) is 5.58. The molecule has 100 valence electrons. The van der Waals surface area contributed by atoms with Crippen LogP contribution in [-0.2, 0) is 17.9 Å². The summed E-state index contributed by atoms with van der Waals surface area (Å²) in [6.07, 6.45) is 2.27. The lowest BCUT2D eigenvalue weighted by Gasteiger charge is -2.15. The zero-order valence-corrected chi connectivity index (χ0v) is 11.6. The molecule has 0 saturated heterocycles. The molecule has 2 N–H and O–H groups in total. The Kier molecular flexibility index (Phi) is 4.23. The molecule has 6 nitrogen and oxygen atoms in total. The largest absolute Gasteiger partial charge is 0.342 e. The van der Waals surface area contributed by atoms with E-state index in [1.807, 2.05) is 23.4 Å². The molecule has 1 aromatic heterocycles. The predicted molar refractivity (Wildman–Crippen MR) is 70.1 cm³/mol. The van der Waals surface area contributed by atoms with Gasteiger partial charge in [-0.1, -0.05) is 11.8 Å². The van der Waals surface area contributed by atoms with Gasteiger partial charge in [-0.25, -0.2) is 0 Å². The van der Waals surface area contributed by atoms with Crippen molar-refractivity contribution in [3.05, 3.63) is 5.82 Å². The third-order valence-corrected chi connectivity index (χ3v) is 4.06. The molecule has 0 unspecified atom stereocenters. The van der Waals surface area contributed by atoms with Crippen molar-refractivity contribution < 1.29 is 4.79 Å². The fourth-order valence-electron chi connectivity index (χ4n) is 1.79. The highest BCUT2D eigenvalue weighted by atomic mass is 32.2. The van der Waals surface area contributed by atoms with E-state index >= 15 is 0 Å². The van der Waals surface area contributed by atoms with Gasteiger partial charge in [0.15, 0.2) is 5.16 Å². The Balaban J connectivity index is 1.93. The minimum absolute atomic E-state index is 0.155. The van der Waals surface area contributed by atoms with Crippen LogP contribution in [0.2, 0.25) is 0 Å². The summed E-state index contributed by atoms with van der Waals surface area (Å²) in [4.78, 5) is 13.7. The topological polar surface area (TPSA) is 77.0 Å². The molecule has 1 heterocycles. The highest BCUT2D eigenvalue weighted by Crippen LogP contribution is 2.26. The number of hydrogen-bond acceptors (Lipinski definition) is 5. The molecule has 0 aliphatic heterocycles. The van der Waals surface area contributed by atoms with Crippen molar-refractivity contribution in [2.45, 2.75) is 44.1 Å². The Morgan fingerprint density at radius 2 is 2.28 bits per heavy atom. The molecule has 0 atom stereocenters. The third-order valence-electron chi connectivity index (χ3n) is 3.10. The molecule has 0 aromatic carbocycles. The maximum absolute atomic E-state index is 11.9. The number of nitrogens with two attached hydrogens (primary N) is 1. The van der Waals surface area contributed by atoms with E-state index in [0.717, 1.165) is 30.4 Å². The summed E-state index contributed by atoms with van der Waals surface area (Å²) in [5, 5.41) is 8.87. The molecule has 7 heteroatoms. The molecular weight excluding hydrogens is 250 g/mol. The fraction of sp³-hybridized carbons (Fsp3) is 0.727. The Morgan fingerprint density at radius 1 is 1.56 bits per heavy atom. The molecule has 0 bridgehead atoms. The molecule has 1 fully saturated rings. The molecule has 1 saturated carbocycles. The number of thioether (sulfide) groups is 1. The van der Waals surface area contributed by atoms with Crippen LogP contribution in [0.4, 0.5) is 0 Å². The standard InChI is InChI=1S/C11H19N5OS/c1-3-16-9(6-12)13-14-11(16)18-7-10(17)15(2)8-4-5-8/h8H,3-7,12H2,1-2H3. The lowest BCUT2D eigenvalue weighted by atomic mass is 10.5. The maximum Gasteiger partial charge on any atom is 0.233 e. The number of nitrogens with zero attached hydrogens (tertiary/aromatic N) is 4. The zero-order valence-electron chi connectivity index (χ0n) is 10.8. The number of amides is 1. The normalized spacial score (nSPS) is 14.8. The van der Waals surface area contributed by atoms with Crippen molar-refractivity contribution >= 4 is 17.7 Å². The van der Waals surface area contributed by atoms with Crippen LogP contribution in [0.25, 0.3) is 0 Å². The van der Waals surface area contributed by atoms with Gasteiger partial charge in [0.1, 0.15) is 5.82 Å². The molecule has 1 aliphatic carbocycles. The van der Waals surface area contributed by atoms with E-state index in [9.17, 15) is 4.79 Å². The van der Waals surface area contributed by atoms with E-state index in [-0.39, 0.29) is 5.91 Å². The molecular formula is C11H19N5OS. The Bertz CT molecular complexity index is 429. The predicted octanol–water partition coefficient (Wildman–Crippen LogP) is 0.470. The average Bonchev–Trinajstić information content (AvgIpc) is 3.15. The van der Waals surface area contributed by atoms with Gasteiger partial charge >= 0.3 is 0 Å². The van der Waals surface area contributed by atoms with E-state index in [4.69, 9.17) is 5.73 Å². The Morgan fingerprint density at radius 3 is 2.83 bits per heavy atom. The second kappa shape index (κ2) is 5.71. The maximum atomic E-state index is 11.9. The number of carbonyl (C=O) groups excluding carboxylic acids is 1. The monoisotopic (exact) mass is 269 g/mol. The first kappa shape index (κ1) is 13.4. The zero-order chi connectivity index (χ0) is 13.1. The van der Waals surface area contributed by atoms with Gasteiger partial charge in [0, 0.05) is 19.6 Å². The summed E-state index contributed by atoms with van der Waals surface area (Å²) in [5.74, 6) is 1.33. The van der Waals surface area contributed by atoms with Gasteiger partial charge < -0.3 is 15.2 Å². The van der Waals surface area contributed by atoms with Gasteiger partial charge in [-0.2, -0.15) is 0 Å². The molecule has 1 aliphatic rings. The van der Waals surface area contributed by atoms with Crippen LogP contribution >= 0.6 is 11.8 Å². The van der Waals surface area contributed by atoms with Gasteiger partial charge in [0.05, 0.1) is 12.3 Å². The molecule has 0 spiro atoms. The van der Waals surface area contributed by atoms with Crippen molar-refractivity contribution in [2.24, 2.45) is 5.73 Å². The van der Waals surface area contributed by atoms with Gasteiger partial charge in [-0.05, 0) is 19.8 Å². The second-order valence-electron chi connectivity index (χ2n) is 4.37. The van der Waals surface area contributed by atoms with E-state index < -0.39 is 0 Å². The van der Waals surface area contributed by atoms with Crippen LogP contribution in [0.3, 0.4) is 0 Å². The molecule has 0 radical (unpaired) electrons. The van der Waals surface area contributed by atoms with Crippen LogP contribution < -0.4 is 5.73 Å². The van der Waals surface area contributed by atoms with Gasteiger partial charge in [0.25, 0.3) is 0 Å². The van der Waals surface area contributed by atoms with Gasteiger partial charge in [0.2, 0.25) is 5.91 Å². The van der Waals surface area contributed by atoms with E-state index in [0.29, 0.717) is 18.3 Å². The average molecular weight is 269 g/mol. The van der Waals surface area contributed by atoms with Crippen LogP contribution in [-0.4, -0.2) is 44.4 Å². The molecule has 1 amide bonds. The number of aromatic nitrogens is 3. The SMILES string of the molecule is CCn1c(CN)nnc1SCC(=O)N(C)C1CC1. The number of rotatable bonds is 6. The van der Waals surface area contributed by atoms with Crippen LogP contribution in [0.5, 0.6) is 0 Å². The highest BCUT2D eigenvalue weighted by Gasteiger charge is 2.29. The first-order valence-electron chi connectivity index (χ1n) is 6.18. The second-order valence-corrected chi connectivity index (χ2v) is 5.31. The smallest absolute Gasteiger partial charge is 0.233 e. The fourth-order valence-corrected chi connectivity index (χ4v) is 2.73. The van der Waals surface area contributed by atoms with Crippen LogP contribution in [0.1, 0.15) is 25.6 Å². The summed E-state index contributed by atoms with van der Waals surface area (Å²) < 4.78 is 1.95. The minimum Gasteiger partial charge on any atom is -0.342 e. The molecule has 1 aromatic rings. The summed E-state index contributed by atoms with van der Waals surface area (Å²) in [6.45, 7) is 3.16. The molecule has 18 heavy (non-hydrogen) atoms. The van der Waals surface area contributed by atoms with E-state index in [2.05, 4.69) is 10.2 Å². The number of hydrogen-bond donors (Lipinski definition) is 1. The lowest BCUT2D eigenvalue weighted by molar-refractivity contribution is -0.127. The van der Waals surface area contributed by atoms with Gasteiger partial charge in [-0.15, -0.1) is 10.2 Å². The minimum atomic E-state index is 0.155. The van der Waals surface area contributed by atoms with Crippen LogP contribution in [0.15, 0.2) is 5.16 Å². The quantitative estimate of drug-likeness (QED) is 0.760. The van der Waals surface area contributed by atoms with Crippen molar-refractivity contribution in [3.63, 3.8) is 0 Å². The number of carbonyl (C=O) groups is 1. The first-order valence-corrected chi connectivity index (χ1v) is 7.16. The van der Waals surface area contributed by atoms with Crippen molar-refractivity contribution in [2.75, 3.05) is 12.8 Å². The van der Waals surface area contributed by atoms with E-state index in [1.54, 1.807) is 0 Å². The van der Waals surface area contributed by atoms with Crippen molar-refractivity contribution in [3.8, 4) is 0 Å².